The van der Waals surface area contributed by atoms with Crippen molar-refractivity contribution in [1.82, 2.24) is 4.98 Å². The quantitative estimate of drug-likeness (QED) is 0.606. The lowest BCUT2D eigenvalue weighted by Gasteiger charge is -2.13. The van der Waals surface area contributed by atoms with Crippen LogP contribution < -0.4 is 10.1 Å². The first-order valence-electron chi connectivity index (χ1n) is 7.61. The number of aromatic nitrogens is 1. The SMILES string of the molecule is Cc1cc(OCCCC(=O)Nc2nc(C)c(C)s2)c(Br)c(C)c1Cl. The van der Waals surface area contributed by atoms with Crippen molar-refractivity contribution in [3.05, 3.63) is 37.3 Å². The molecule has 0 aliphatic rings. The molecule has 7 heteroatoms. The molecule has 0 atom stereocenters. The second-order valence-corrected chi connectivity index (χ2v) is 7.98. The van der Waals surface area contributed by atoms with Gasteiger partial charge in [-0.05, 0) is 67.2 Å². The number of hydrogen-bond donors (Lipinski definition) is 1. The van der Waals surface area contributed by atoms with Gasteiger partial charge in [-0.1, -0.05) is 11.6 Å². The number of carbonyl (C=O) groups excluding carboxylic acids is 1. The number of thiazole rings is 1. The molecule has 0 saturated heterocycles. The van der Waals surface area contributed by atoms with Gasteiger partial charge in [-0.15, -0.1) is 11.3 Å². The number of carbonyl (C=O) groups is 1. The second-order valence-electron chi connectivity index (χ2n) is 5.61. The zero-order chi connectivity index (χ0) is 17.9. The number of hydrogen-bond acceptors (Lipinski definition) is 4. The lowest BCUT2D eigenvalue weighted by atomic mass is 10.1. The van der Waals surface area contributed by atoms with Gasteiger partial charge < -0.3 is 10.1 Å². The minimum Gasteiger partial charge on any atom is -0.492 e. The van der Waals surface area contributed by atoms with Crippen LogP contribution in [0.5, 0.6) is 5.75 Å². The van der Waals surface area contributed by atoms with Gasteiger partial charge in [0.15, 0.2) is 5.13 Å². The lowest BCUT2D eigenvalue weighted by molar-refractivity contribution is -0.116. The lowest BCUT2D eigenvalue weighted by Crippen LogP contribution is -2.12. The molecule has 0 fully saturated rings. The summed E-state index contributed by atoms with van der Waals surface area (Å²) in [6.45, 7) is 8.27. The average molecular weight is 432 g/mol. The third-order valence-corrected chi connectivity index (χ3v) is 6.20. The monoisotopic (exact) mass is 430 g/mol. The van der Waals surface area contributed by atoms with Crippen molar-refractivity contribution < 1.29 is 9.53 Å². The van der Waals surface area contributed by atoms with E-state index in [1.165, 1.54) is 11.3 Å². The first kappa shape index (κ1) is 19.2. The van der Waals surface area contributed by atoms with E-state index >= 15 is 0 Å². The number of anilines is 1. The maximum absolute atomic E-state index is 11.9. The van der Waals surface area contributed by atoms with E-state index in [0.717, 1.165) is 36.9 Å². The average Bonchev–Trinajstić information content (AvgIpc) is 2.84. The smallest absolute Gasteiger partial charge is 0.226 e. The predicted octanol–water partition coefficient (Wildman–Crippen LogP) is 5.59. The minimum atomic E-state index is -0.0464. The molecule has 1 heterocycles. The topological polar surface area (TPSA) is 51.2 Å². The molecular formula is C17H20BrClN2O2S. The Kier molecular flexibility index (Phi) is 6.66. The Labute approximate surface area is 159 Å². The maximum atomic E-state index is 11.9. The summed E-state index contributed by atoms with van der Waals surface area (Å²) in [6, 6.07) is 1.90. The van der Waals surface area contributed by atoms with Gasteiger partial charge in [0.2, 0.25) is 5.91 Å². The zero-order valence-corrected chi connectivity index (χ0v) is 17.3. The number of halogens is 2. The molecule has 4 nitrogen and oxygen atoms in total. The van der Waals surface area contributed by atoms with Gasteiger partial charge in [0, 0.05) is 16.3 Å². The molecule has 2 rings (SSSR count). The molecule has 0 aliphatic carbocycles. The van der Waals surface area contributed by atoms with Gasteiger partial charge in [0.05, 0.1) is 16.8 Å². The van der Waals surface area contributed by atoms with E-state index in [1.54, 1.807) is 0 Å². The third kappa shape index (κ3) is 4.71. The summed E-state index contributed by atoms with van der Waals surface area (Å²) < 4.78 is 6.64. The molecule has 1 aromatic carbocycles. The molecule has 130 valence electrons. The van der Waals surface area contributed by atoms with Crippen molar-refractivity contribution >= 4 is 49.9 Å². The molecule has 0 saturated carbocycles. The summed E-state index contributed by atoms with van der Waals surface area (Å²) in [5.41, 5.74) is 2.88. The summed E-state index contributed by atoms with van der Waals surface area (Å²) in [6.07, 6.45) is 1.02. The van der Waals surface area contributed by atoms with Crippen LogP contribution in [0, 0.1) is 27.7 Å². The van der Waals surface area contributed by atoms with E-state index in [2.05, 4.69) is 26.2 Å². The zero-order valence-electron chi connectivity index (χ0n) is 14.1. The molecule has 1 amide bonds. The van der Waals surface area contributed by atoms with E-state index in [9.17, 15) is 4.79 Å². The number of nitrogens with zero attached hydrogens (tertiary/aromatic N) is 1. The first-order chi connectivity index (χ1) is 11.3. The van der Waals surface area contributed by atoms with Crippen molar-refractivity contribution in [3.63, 3.8) is 0 Å². The van der Waals surface area contributed by atoms with Gasteiger partial charge in [0.1, 0.15) is 5.75 Å². The molecule has 0 radical (unpaired) electrons. The largest absolute Gasteiger partial charge is 0.492 e. The molecule has 0 bridgehead atoms. The van der Waals surface area contributed by atoms with E-state index in [0.29, 0.717) is 24.6 Å². The van der Waals surface area contributed by atoms with E-state index in [4.69, 9.17) is 16.3 Å². The maximum Gasteiger partial charge on any atom is 0.226 e. The molecule has 0 aliphatic heterocycles. The van der Waals surface area contributed by atoms with Crippen LogP contribution in [-0.2, 0) is 4.79 Å². The van der Waals surface area contributed by atoms with Crippen LogP contribution in [0.3, 0.4) is 0 Å². The number of amides is 1. The number of rotatable bonds is 6. The predicted molar refractivity (Wildman–Crippen MR) is 104 cm³/mol. The highest BCUT2D eigenvalue weighted by atomic mass is 79.9. The molecule has 0 unspecified atom stereocenters. The van der Waals surface area contributed by atoms with Gasteiger partial charge >= 0.3 is 0 Å². The highest BCUT2D eigenvalue weighted by molar-refractivity contribution is 9.10. The Balaban J connectivity index is 1.82. The standard InChI is InChI=1S/C17H20BrClN2O2S/c1-9-8-13(15(18)10(2)16(9)19)23-7-5-6-14(22)21-17-20-11(3)12(4)24-17/h8H,5-7H2,1-4H3,(H,20,21,22). The highest BCUT2D eigenvalue weighted by Crippen LogP contribution is 2.35. The van der Waals surface area contributed by atoms with Crippen LogP contribution in [0.15, 0.2) is 10.5 Å². The fraction of sp³-hybridized carbons (Fsp3) is 0.412. The van der Waals surface area contributed by atoms with Gasteiger partial charge in [-0.25, -0.2) is 4.98 Å². The normalized spacial score (nSPS) is 10.8. The van der Waals surface area contributed by atoms with Crippen molar-refractivity contribution in [3.8, 4) is 5.75 Å². The molecule has 0 spiro atoms. The Morgan fingerprint density at radius 3 is 2.71 bits per heavy atom. The Morgan fingerprint density at radius 2 is 2.08 bits per heavy atom. The van der Waals surface area contributed by atoms with E-state index < -0.39 is 0 Å². The van der Waals surface area contributed by atoms with Crippen LogP contribution in [0.25, 0.3) is 0 Å². The van der Waals surface area contributed by atoms with E-state index in [1.807, 2.05) is 33.8 Å². The van der Waals surface area contributed by atoms with Crippen LogP contribution in [0.2, 0.25) is 5.02 Å². The second kappa shape index (κ2) is 8.32. The molecule has 1 N–H and O–H groups in total. The van der Waals surface area contributed by atoms with Crippen LogP contribution in [-0.4, -0.2) is 17.5 Å². The summed E-state index contributed by atoms with van der Waals surface area (Å²) in [7, 11) is 0. The van der Waals surface area contributed by atoms with Gasteiger partial charge in [-0.2, -0.15) is 0 Å². The fourth-order valence-corrected chi connectivity index (χ4v) is 3.65. The summed E-state index contributed by atoms with van der Waals surface area (Å²) in [5, 5.41) is 4.22. The van der Waals surface area contributed by atoms with Crippen LogP contribution in [0.1, 0.15) is 34.5 Å². The Bertz CT molecular complexity index is 742. The number of nitrogens with one attached hydrogen (secondary N) is 1. The molecule has 2 aromatic rings. The Morgan fingerprint density at radius 1 is 1.38 bits per heavy atom. The number of benzene rings is 1. The van der Waals surface area contributed by atoms with Crippen LogP contribution in [0.4, 0.5) is 5.13 Å². The molecule has 24 heavy (non-hydrogen) atoms. The van der Waals surface area contributed by atoms with E-state index in [-0.39, 0.29) is 5.91 Å². The number of ether oxygens (including phenoxy) is 1. The first-order valence-corrected chi connectivity index (χ1v) is 9.60. The van der Waals surface area contributed by atoms with Crippen molar-refractivity contribution in [2.45, 2.75) is 40.5 Å². The Hall–Kier alpha value is -1.11. The number of aryl methyl sites for hydroxylation is 3. The van der Waals surface area contributed by atoms with Crippen molar-refractivity contribution in [2.75, 3.05) is 11.9 Å². The molecular weight excluding hydrogens is 412 g/mol. The summed E-state index contributed by atoms with van der Waals surface area (Å²) in [4.78, 5) is 17.4. The molecule has 1 aromatic heterocycles. The summed E-state index contributed by atoms with van der Waals surface area (Å²) >= 11 is 11.2. The third-order valence-electron chi connectivity index (χ3n) is 3.65. The van der Waals surface area contributed by atoms with Crippen molar-refractivity contribution in [1.29, 1.82) is 0 Å². The fourth-order valence-electron chi connectivity index (χ4n) is 2.13. The summed E-state index contributed by atoms with van der Waals surface area (Å²) in [5.74, 6) is 0.705. The van der Waals surface area contributed by atoms with Crippen LogP contribution >= 0.6 is 38.9 Å². The van der Waals surface area contributed by atoms with Gasteiger partial charge in [0.25, 0.3) is 0 Å². The minimum absolute atomic E-state index is 0.0464. The highest BCUT2D eigenvalue weighted by Gasteiger charge is 2.12. The van der Waals surface area contributed by atoms with Crippen molar-refractivity contribution in [2.24, 2.45) is 0 Å². The van der Waals surface area contributed by atoms with Gasteiger partial charge in [-0.3, -0.25) is 4.79 Å².